The van der Waals surface area contributed by atoms with Crippen LogP contribution in [-0.4, -0.2) is 108 Å². The number of carbonyl (C=O) groups is 3. The average molecular weight is 466 g/mol. The summed E-state index contributed by atoms with van der Waals surface area (Å²) in [5, 5.41) is 19.6. The zero-order valence-electron chi connectivity index (χ0n) is 18.2. The number of imide groups is 1. The molecule has 13 nitrogen and oxygen atoms in total. The molecule has 1 aromatic rings. The number of benzene rings is 1. The molecule has 1 saturated heterocycles. The van der Waals surface area contributed by atoms with E-state index in [2.05, 4.69) is 4.84 Å². The maximum Gasteiger partial charge on any atom is 0.409 e. The van der Waals surface area contributed by atoms with Crippen molar-refractivity contribution in [3.05, 3.63) is 39.4 Å². The van der Waals surface area contributed by atoms with Gasteiger partial charge in [0, 0.05) is 32.7 Å². The highest BCUT2D eigenvalue weighted by Crippen LogP contribution is 2.27. The molecular formula is C20H26N4O9. The predicted octanol–water partition coefficient (Wildman–Crippen LogP) is 0.00470. The molecule has 1 fully saturated rings. The molecule has 1 N–H and O–H groups in total. The van der Waals surface area contributed by atoms with E-state index >= 15 is 0 Å². The lowest BCUT2D eigenvalue weighted by atomic mass is 10.1. The van der Waals surface area contributed by atoms with Gasteiger partial charge in [0.25, 0.3) is 16.9 Å². The molecule has 33 heavy (non-hydrogen) atoms. The maximum absolute atomic E-state index is 12.5. The first kappa shape index (κ1) is 24.2. The van der Waals surface area contributed by atoms with Crippen molar-refractivity contribution in [3.8, 4) is 5.75 Å². The summed E-state index contributed by atoms with van der Waals surface area (Å²) in [6.07, 6.45) is -1.14. The number of fused-ring (bicyclic) bond motifs is 1. The summed E-state index contributed by atoms with van der Waals surface area (Å²) in [6.45, 7) is 3.96. The zero-order valence-corrected chi connectivity index (χ0v) is 18.2. The van der Waals surface area contributed by atoms with E-state index < -0.39 is 29.6 Å². The molecule has 3 amide bonds. The molecular weight excluding hydrogens is 440 g/mol. The standard InChI is InChI=1S/C20H26N4O9/c1-2-31-20(28)22-7-5-21(6-8-22)12-14(25)13-32-15-3-4-16-17(11-15)19(27)23(18(16)26)9-10-33-24(29)30/h3-4,11,14,25H,2,5-10,12-13H2,1H3. The van der Waals surface area contributed by atoms with Crippen molar-refractivity contribution >= 4 is 17.9 Å². The fraction of sp³-hybridized carbons (Fsp3) is 0.550. The Hall–Kier alpha value is -3.45. The first-order chi connectivity index (χ1) is 15.8. The van der Waals surface area contributed by atoms with Gasteiger partial charge in [0.1, 0.15) is 25.1 Å². The van der Waals surface area contributed by atoms with E-state index in [-0.39, 0.29) is 30.4 Å². The second-order valence-corrected chi connectivity index (χ2v) is 7.48. The van der Waals surface area contributed by atoms with Crippen LogP contribution >= 0.6 is 0 Å². The minimum atomic E-state index is -0.990. The number of β-amino-alcohol motifs (C(OH)–C–C–N with tert-alkyl or cyclic N) is 1. The van der Waals surface area contributed by atoms with Crippen LogP contribution in [0.5, 0.6) is 5.75 Å². The summed E-state index contributed by atoms with van der Waals surface area (Å²) in [6, 6.07) is 4.38. The minimum Gasteiger partial charge on any atom is -0.491 e. The van der Waals surface area contributed by atoms with E-state index in [4.69, 9.17) is 9.47 Å². The summed E-state index contributed by atoms with van der Waals surface area (Å²) >= 11 is 0. The zero-order chi connectivity index (χ0) is 24.0. The van der Waals surface area contributed by atoms with Crippen molar-refractivity contribution in [2.24, 2.45) is 0 Å². The van der Waals surface area contributed by atoms with Gasteiger partial charge in [-0.05, 0) is 25.1 Å². The van der Waals surface area contributed by atoms with Crippen molar-refractivity contribution in [1.29, 1.82) is 0 Å². The Kier molecular flexibility index (Phi) is 8.01. The van der Waals surface area contributed by atoms with Crippen molar-refractivity contribution in [2.75, 3.05) is 59.1 Å². The number of ether oxygens (including phenoxy) is 2. The van der Waals surface area contributed by atoms with E-state index in [1.54, 1.807) is 11.8 Å². The Balaban J connectivity index is 1.47. The molecule has 0 aliphatic carbocycles. The Labute approximate surface area is 189 Å². The molecule has 180 valence electrons. The van der Waals surface area contributed by atoms with Crippen LogP contribution in [0.3, 0.4) is 0 Å². The molecule has 0 aromatic heterocycles. The topological polar surface area (TPSA) is 152 Å². The number of amides is 3. The molecule has 2 aliphatic rings. The lowest BCUT2D eigenvalue weighted by Crippen LogP contribution is -2.51. The number of aliphatic hydroxyl groups is 1. The molecule has 1 aromatic carbocycles. The van der Waals surface area contributed by atoms with Crippen molar-refractivity contribution in [1.82, 2.24) is 14.7 Å². The number of piperazine rings is 1. The van der Waals surface area contributed by atoms with Crippen LogP contribution in [0.15, 0.2) is 18.2 Å². The molecule has 13 heteroatoms. The summed E-state index contributed by atoms with van der Waals surface area (Å²) < 4.78 is 10.6. The first-order valence-electron chi connectivity index (χ1n) is 10.5. The second-order valence-electron chi connectivity index (χ2n) is 7.48. The SMILES string of the molecule is CCOC(=O)N1CCN(CC(O)COc2ccc3c(c2)C(=O)N(CCO[N+](=O)[O-])C3=O)CC1. The number of carbonyl (C=O) groups excluding carboxylic acids is 3. The molecule has 0 radical (unpaired) electrons. The van der Waals surface area contributed by atoms with Gasteiger partial charge in [-0.15, -0.1) is 10.1 Å². The molecule has 0 spiro atoms. The van der Waals surface area contributed by atoms with Crippen LogP contribution in [0.25, 0.3) is 0 Å². The second kappa shape index (κ2) is 10.9. The van der Waals surface area contributed by atoms with Crippen LogP contribution in [0.1, 0.15) is 27.6 Å². The number of aliphatic hydroxyl groups excluding tert-OH is 1. The summed E-state index contributed by atoms with van der Waals surface area (Å²) in [5.74, 6) is -0.840. The average Bonchev–Trinajstić information content (AvgIpc) is 3.02. The third-order valence-electron chi connectivity index (χ3n) is 5.26. The van der Waals surface area contributed by atoms with Gasteiger partial charge >= 0.3 is 6.09 Å². The lowest BCUT2D eigenvalue weighted by Gasteiger charge is -2.34. The minimum absolute atomic E-state index is 0.0284. The highest BCUT2D eigenvalue weighted by Gasteiger charge is 2.35. The van der Waals surface area contributed by atoms with Gasteiger partial charge in [0.2, 0.25) is 0 Å². The lowest BCUT2D eigenvalue weighted by molar-refractivity contribution is -0.757. The highest BCUT2D eigenvalue weighted by atomic mass is 16.9. The third kappa shape index (κ3) is 6.08. The highest BCUT2D eigenvalue weighted by molar-refractivity contribution is 6.21. The van der Waals surface area contributed by atoms with Gasteiger partial charge in [-0.25, -0.2) is 4.79 Å². The van der Waals surface area contributed by atoms with Crippen molar-refractivity contribution < 1.29 is 38.9 Å². The van der Waals surface area contributed by atoms with Gasteiger partial charge in [-0.2, -0.15) is 0 Å². The number of rotatable bonds is 10. The van der Waals surface area contributed by atoms with Crippen LogP contribution < -0.4 is 4.74 Å². The monoisotopic (exact) mass is 466 g/mol. The van der Waals surface area contributed by atoms with Crippen LogP contribution in [0, 0.1) is 10.1 Å². The maximum atomic E-state index is 12.5. The summed E-state index contributed by atoms with van der Waals surface area (Å²) in [4.78, 5) is 55.5. The quantitative estimate of drug-likeness (QED) is 0.283. The molecule has 2 heterocycles. The fourth-order valence-corrected chi connectivity index (χ4v) is 3.64. The Morgan fingerprint density at radius 1 is 1.18 bits per heavy atom. The largest absolute Gasteiger partial charge is 0.491 e. The molecule has 2 aliphatic heterocycles. The summed E-state index contributed by atoms with van der Waals surface area (Å²) in [5.41, 5.74) is 0.302. The molecule has 1 unspecified atom stereocenters. The van der Waals surface area contributed by atoms with Gasteiger partial charge in [-0.3, -0.25) is 19.4 Å². The number of nitrogens with zero attached hydrogens (tertiary/aromatic N) is 4. The Morgan fingerprint density at radius 3 is 2.55 bits per heavy atom. The van der Waals surface area contributed by atoms with Gasteiger partial charge in [-0.1, -0.05) is 0 Å². The first-order valence-corrected chi connectivity index (χ1v) is 10.5. The van der Waals surface area contributed by atoms with Gasteiger partial charge in [0.05, 0.1) is 24.3 Å². The molecule has 1 atom stereocenters. The summed E-state index contributed by atoms with van der Waals surface area (Å²) in [7, 11) is 0. The number of hydrogen-bond acceptors (Lipinski definition) is 10. The Morgan fingerprint density at radius 2 is 1.88 bits per heavy atom. The Bertz CT molecular complexity index is 902. The normalized spacial score (nSPS) is 17.0. The van der Waals surface area contributed by atoms with E-state index in [0.717, 1.165) is 4.90 Å². The van der Waals surface area contributed by atoms with Crippen LogP contribution in [-0.2, 0) is 9.57 Å². The van der Waals surface area contributed by atoms with E-state index in [0.29, 0.717) is 45.1 Å². The van der Waals surface area contributed by atoms with E-state index in [9.17, 15) is 29.6 Å². The van der Waals surface area contributed by atoms with E-state index in [1.165, 1.54) is 18.2 Å². The smallest absolute Gasteiger partial charge is 0.409 e. The molecule has 0 bridgehead atoms. The van der Waals surface area contributed by atoms with Gasteiger partial charge in [0.15, 0.2) is 0 Å². The molecule has 3 rings (SSSR count). The van der Waals surface area contributed by atoms with Crippen molar-refractivity contribution in [3.63, 3.8) is 0 Å². The fourth-order valence-electron chi connectivity index (χ4n) is 3.64. The van der Waals surface area contributed by atoms with Crippen LogP contribution in [0.4, 0.5) is 4.79 Å². The predicted molar refractivity (Wildman–Crippen MR) is 111 cm³/mol. The van der Waals surface area contributed by atoms with Crippen molar-refractivity contribution in [2.45, 2.75) is 13.0 Å². The third-order valence-corrected chi connectivity index (χ3v) is 5.26. The van der Waals surface area contributed by atoms with E-state index in [1.807, 2.05) is 4.90 Å². The molecule has 0 saturated carbocycles. The van der Waals surface area contributed by atoms with Gasteiger partial charge < -0.3 is 24.3 Å². The number of hydrogen-bond donors (Lipinski definition) is 1. The van der Waals surface area contributed by atoms with Crippen LogP contribution in [0.2, 0.25) is 0 Å².